The van der Waals surface area contributed by atoms with Crippen LogP contribution in [0.3, 0.4) is 0 Å². The van der Waals surface area contributed by atoms with E-state index in [-0.39, 0.29) is 6.42 Å². The summed E-state index contributed by atoms with van der Waals surface area (Å²) in [4.78, 5) is 21.5. The molecule has 15 heavy (non-hydrogen) atoms. The van der Waals surface area contributed by atoms with E-state index in [1.807, 2.05) is 0 Å². The maximum atomic E-state index is 10.8. The highest BCUT2D eigenvalue weighted by Gasteiger charge is 2.40. The molecule has 0 fully saturated rings. The van der Waals surface area contributed by atoms with Crippen LogP contribution in [0.5, 0.6) is 0 Å². The predicted molar refractivity (Wildman–Crippen MR) is 54.2 cm³/mol. The number of aliphatic carboxylic acids is 2. The van der Waals surface area contributed by atoms with Gasteiger partial charge in [0.15, 0.2) is 0 Å². The summed E-state index contributed by atoms with van der Waals surface area (Å²) < 4.78 is 0. The van der Waals surface area contributed by atoms with E-state index in [0.29, 0.717) is 0 Å². The fourth-order valence-electron chi connectivity index (χ4n) is 1.15. The normalized spacial score (nSPS) is 21.1. The number of carboxylic acid groups (broad SMARTS) is 2. The van der Waals surface area contributed by atoms with Crippen LogP contribution in [0.2, 0.25) is 0 Å². The Bertz CT molecular complexity index is 273. The number of hydrogen-bond acceptors (Lipinski definition) is 4. The summed E-state index contributed by atoms with van der Waals surface area (Å²) in [6.45, 7) is 4.25. The average Bonchev–Trinajstić information content (AvgIpc) is 2.02. The minimum absolute atomic E-state index is 0.00162. The molecule has 0 aromatic heterocycles. The molecular weight excluding hydrogens is 200 g/mol. The van der Waals surface area contributed by atoms with Crippen molar-refractivity contribution in [1.29, 1.82) is 0 Å². The van der Waals surface area contributed by atoms with Crippen molar-refractivity contribution < 1.29 is 19.8 Å². The maximum absolute atomic E-state index is 10.8. The van der Waals surface area contributed by atoms with Crippen LogP contribution in [-0.4, -0.2) is 33.2 Å². The molecule has 88 valence electrons. The van der Waals surface area contributed by atoms with Gasteiger partial charge in [0, 0.05) is 0 Å². The van der Waals surface area contributed by atoms with Gasteiger partial charge >= 0.3 is 11.9 Å². The van der Waals surface area contributed by atoms with Gasteiger partial charge < -0.3 is 21.7 Å². The molecule has 3 unspecified atom stereocenters. The Balaban J connectivity index is 4.70. The molecule has 0 heterocycles. The van der Waals surface area contributed by atoms with Crippen molar-refractivity contribution >= 4 is 11.9 Å². The highest BCUT2D eigenvalue weighted by molar-refractivity contribution is 5.80. The van der Waals surface area contributed by atoms with Gasteiger partial charge in [0.1, 0.15) is 11.1 Å². The Kier molecular flexibility index (Phi) is 3.84. The van der Waals surface area contributed by atoms with E-state index in [1.165, 1.54) is 13.8 Å². The zero-order valence-corrected chi connectivity index (χ0v) is 9.15. The molecule has 0 aliphatic carbocycles. The van der Waals surface area contributed by atoms with E-state index in [9.17, 15) is 9.59 Å². The number of rotatable bonds is 5. The molecule has 0 aliphatic rings. The lowest BCUT2D eigenvalue weighted by atomic mass is 9.79. The van der Waals surface area contributed by atoms with Crippen LogP contribution in [0.25, 0.3) is 0 Å². The summed E-state index contributed by atoms with van der Waals surface area (Å²) in [5.41, 5.74) is 8.13. The fourth-order valence-corrected chi connectivity index (χ4v) is 1.15. The quantitative estimate of drug-likeness (QED) is 0.498. The van der Waals surface area contributed by atoms with Crippen LogP contribution in [0.4, 0.5) is 0 Å². The van der Waals surface area contributed by atoms with E-state index in [1.54, 1.807) is 6.92 Å². The van der Waals surface area contributed by atoms with E-state index >= 15 is 0 Å². The van der Waals surface area contributed by atoms with Crippen molar-refractivity contribution in [3.63, 3.8) is 0 Å². The molecule has 0 saturated heterocycles. The minimum Gasteiger partial charge on any atom is -0.480 e. The maximum Gasteiger partial charge on any atom is 0.323 e. The molecule has 0 spiro atoms. The molecule has 0 rings (SSSR count). The van der Waals surface area contributed by atoms with Crippen LogP contribution in [0, 0.1) is 5.92 Å². The summed E-state index contributed by atoms with van der Waals surface area (Å²) in [5.74, 6) is -2.88. The van der Waals surface area contributed by atoms with Crippen LogP contribution >= 0.6 is 0 Å². The summed E-state index contributed by atoms with van der Waals surface area (Å²) in [6, 6.07) is 0. The first-order valence-electron chi connectivity index (χ1n) is 4.56. The number of nitrogens with two attached hydrogens (primary N) is 2. The number of carboxylic acids is 2. The zero-order valence-electron chi connectivity index (χ0n) is 9.15. The van der Waals surface area contributed by atoms with Gasteiger partial charge in [-0.2, -0.15) is 0 Å². The molecule has 3 atom stereocenters. The molecule has 6 heteroatoms. The van der Waals surface area contributed by atoms with Gasteiger partial charge in [-0.05, 0) is 26.2 Å². The minimum atomic E-state index is -1.48. The van der Waals surface area contributed by atoms with Gasteiger partial charge in [0.25, 0.3) is 0 Å². The lowest BCUT2D eigenvalue weighted by molar-refractivity contribution is -0.148. The number of hydrogen-bond donors (Lipinski definition) is 4. The van der Waals surface area contributed by atoms with Crippen LogP contribution < -0.4 is 11.5 Å². The van der Waals surface area contributed by atoms with E-state index < -0.39 is 28.9 Å². The van der Waals surface area contributed by atoms with Gasteiger partial charge in [0.05, 0.1) is 0 Å². The predicted octanol–water partition coefficient (Wildman–Crippen LogP) is -0.383. The molecule has 0 aromatic carbocycles. The van der Waals surface area contributed by atoms with Crippen molar-refractivity contribution in [2.24, 2.45) is 17.4 Å². The highest BCUT2D eigenvalue weighted by Crippen LogP contribution is 2.23. The molecule has 0 aliphatic heterocycles. The zero-order chi connectivity index (χ0) is 12.4. The van der Waals surface area contributed by atoms with Gasteiger partial charge in [-0.25, -0.2) is 0 Å². The first kappa shape index (κ1) is 13.9. The van der Waals surface area contributed by atoms with Crippen molar-refractivity contribution in [1.82, 2.24) is 0 Å². The average molecular weight is 218 g/mol. The van der Waals surface area contributed by atoms with Crippen molar-refractivity contribution in [2.45, 2.75) is 38.3 Å². The lowest BCUT2D eigenvalue weighted by Gasteiger charge is -2.31. The van der Waals surface area contributed by atoms with Crippen LogP contribution in [0.15, 0.2) is 0 Å². The highest BCUT2D eigenvalue weighted by atomic mass is 16.4. The first-order valence-corrected chi connectivity index (χ1v) is 4.56. The van der Waals surface area contributed by atoms with Gasteiger partial charge in [-0.15, -0.1) is 0 Å². The smallest absolute Gasteiger partial charge is 0.323 e. The summed E-state index contributed by atoms with van der Waals surface area (Å²) in [7, 11) is 0. The molecule has 0 radical (unpaired) electrons. The fraction of sp³-hybridized carbons (Fsp3) is 0.778. The summed E-state index contributed by atoms with van der Waals surface area (Å²) >= 11 is 0. The van der Waals surface area contributed by atoms with Crippen LogP contribution in [-0.2, 0) is 9.59 Å². The van der Waals surface area contributed by atoms with Crippen LogP contribution in [0.1, 0.15) is 27.2 Å². The monoisotopic (exact) mass is 218 g/mol. The van der Waals surface area contributed by atoms with Gasteiger partial charge in [-0.1, -0.05) is 6.92 Å². The van der Waals surface area contributed by atoms with E-state index in [0.717, 1.165) is 0 Å². The van der Waals surface area contributed by atoms with Crippen molar-refractivity contribution in [3.8, 4) is 0 Å². The Morgan fingerprint density at radius 2 is 1.60 bits per heavy atom. The third-order valence-electron chi connectivity index (χ3n) is 2.70. The molecule has 6 N–H and O–H groups in total. The second-order valence-corrected chi connectivity index (χ2v) is 4.42. The molecule has 0 saturated carbocycles. The van der Waals surface area contributed by atoms with Gasteiger partial charge in [-0.3, -0.25) is 9.59 Å². The van der Waals surface area contributed by atoms with Crippen molar-refractivity contribution in [2.75, 3.05) is 0 Å². The Morgan fingerprint density at radius 1 is 1.20 bits per heavy atom. The second kappa shape index (κ2) is 4.16. The summed E-state index contributed by atoms with van der Waals surface area (Å²) in [6.07, 6.45) is 0.00162. The topological polar surface area (TPSA) is 127 Å². The van der Waals surface area contributed by atoms with E-state index in [4.69, 9.17) is 21.7 Å². The Hall–Kier alpha value is -1.14. The largest absolute Gasteiger partial charge is 0.480 e. The summed E-state index contributed by atoms with van der Waals surface area (Å²) in [5, 5.41) is 17.6. The second-order valence-electron chi connectivity index (χ2n) is 4.42. The molecule has 6 nitrogen and oxygen atoms in total. The molecule has 0 amide bonds. The third kappa shape index (κ3) is 3.17. The Morgan fingerprint density at radius 3 is 1.87 bits per heavy atom. The SMILES string of the molecule is CC(CC(C)(N)C(=O)O)C(C)(N)C(=O)O. The molecular formula is C9H18N2O4. The first-order chi connectivity index (χ1) is 6.51. The van der Waals surface area contributed by atoms with Crippen molar-refractivity contribution in [3.05, 3.63) is 0 Å². The van der Waals surface area contributed by atoms with E-state index in [2.05, 4.69) is 0 Å². The molecule has 0 bridgehead atoms. The van der Waals surface area contributed by atoms with Gasteiger partial charge in [0.2, 0.25) is 0 Å². The molecule has 0 aromatic rings. The standard InChI is InChI=1S/C9H18N2O4/c1-5(9(3,11)7(14)15)4-8(2,10)6(12)13/h5H,4,10-11H2,1-3H3,(H,12,13)(H,14,15). The third-order valence-corrected chi connectivity index (χ3v) is 2.70. The number of carbonyl (C=O) groups is 2. The lowest BCUT2D eigenvalue weighted by Crippen LogP contribution is -2.55. The Labute approximate surface area is 88.3 Å².